The van der Waals surface area contributed by atoms with Crippen molar-refractivity contribution >= 4 is 21.6 Å². The van der Waals surface area contributed by atoms with Crippen LogP contribution in [-0.2, 0) is 16.4 Å². The molecular weight excluding hydrogens is 374 g/mol. The van der Waals surface area contributed by atoms with Gasteiger partial charge in [0.05, 0.1) is 10.8 Å². The van der Waals surface area contributed by atoms with Crippen molar-refractivity contribution in [1.82, 2.24) is 14.5 Å². The molecule has 142 valence electrons. The molecule has 0 unspecified atom stereocenters. The van der Waals surface area contributed by atoms with E-state index < -0.39 is 10.0 Å². The third kappa shape index (κ3) is 4.45. The highest BCUT2D eigenvalue weighted by Crippen LogP contribution is 2.31. The van der Waals surface area contributed by atoms with E-state index >= 15 is 0 Å². The number of rotatable bonds is 4. The summed E-state index contributed by atoms with van der Waals surface area (Å²) in [6.45, 7) is 7.17. The lowest BCUT2D eigenvalue weighted by Gasteiger charge is -2.30. The molecule has 8 heteroatoms. The smallest absolute Gasteiger partial charge is 0.243 e. The van der Waals surface area contributed by atoms with Crippen molar-refractivity contribution in [3.05, 3.63) is 41.1 Å². The van der Waals surface area contributed by atoms with Crippen LogP contribution in [-0.4, -0.2) is 36.0 Å². The van der Waals surface area contributed by atoms with Gasteiger partial charge in [-0.3, -0.25) is 0 Å². The van der Waals surface area contributed by atoms with Gasteiger partial charge in [0.25, 0.3) is 0 Å². The van der Waals surface area contributed by atoms with Crippen LogP contribution in [0.5, 0.6) is 0 Å². The van der Waals surface area contributed by atoms with Crippen molar-refractivity contribution < 1.29 is 12.8 Å². The Morgan fingerprint density at radius 3 is 2.58 bits per heavy atom. The zero-order valence-corrected chi connectivity index (χ0v) is 16.8. The van der Waals surface area contributed by atoms with Crippen LogP contribution < -0.4 is 0 Å². The van der Waals surface area contributed by atoms with Crippen molar-refractivity contribution in [3.8, 4) is 0 Å². The molecule has 3 rings (SSSR count). The van der Waals surface area contributed by atoms with E-state index in [0.717, 1.165) is 12.8 Å². The van der Waals surface area contributed by atoms with Crippen molar-refractivity contribution in [2.24, 2.45) is 5.41 Å². The number of halogens is 1. The average molecular weight is 398 g/mol. The van der Waals surface area contributed by atoms with E-state index in [4.69, 9.17) is 16.0 Å². The Kier molecular flexibility index (Phi) is 5.42. The van der Waals surface area contributed by atoms with Gasteiger partial charge in [0, 0.05) is 24.5 Å². The highest BCUT2D eigenvalue weighted by atomic mass is 35.5. The zero-order valence-electron chi connectivity index (χ0n) is 15.3. The summed E-state index contributed by atoms with van der Waals surface area (Å²) in [4.78, 5) is 0.251. The Balaban J connectivity index is 1.76. The Morgan fingerprint density at radius 1 is 1.23 bits per heavy atom. The quantitative estimate of drug-likeness (QED) is 0.782. The molecule has 1 fully saturated rings. The minimum absolute atomic E-state index is 0.0559. The van der Waals surface area contributed by atoms with Gasteiger partial charge in [-0.2, -0.15) is 4.31 Å². The molecule has 0 bridgehead atoms. The summed E-state index contributed by atoms with van der Waals surface area (Å²) in [7, 11) is -3.56. The molecule has 2 heterocycles. The van der Waals surface area contributed by atoms with Crippen LogP contribution in [0.4, 0.5) is 0 Å². The number of nitrogens with zero attached hydrogens (tertiary/aromatic N) is 3. The summed E-state index contributed by atoms with van der Waals surface area (Å²) in [6.07, 6.45) is 2.29. The maximum Gasteiger partial charge on any atom is 0.243 e. The van der Waals surface area contributed by atoms with Crippen LogP contribution in [0.1, 0.15) is 51.3 Å². The van der Waals surface area contributed by atoms with Crippen LogP contribution in [0, 0.1) is 5.41 Å². The topological polar surface area (TPSA) is 76.3 Å². The van der Waals surface area contributed by atoms with Gasteiger partial charge in [-0.15, -0.1) is 10.2 Å². The fourth-order valence-electron chi connectivity index (χ4n) is 3.07. The summed E-state index contributed by atoms with van der Waals surface area (Å²) >= 11 is 5.86. The minimum atomic E-state index is -3.56. The molecule has 1 saturated heterocycles. The summed E-state index contributed by atoms with van der Waals surface area (Å²) in [5.41, 5.74) is 0.0559. The second kappa shape index (κ2) is 7.29. The SMILES string of the molecule is CC(C)(C)Cc1nnc([C@H]2CCCN(S(=O)(=O)c3ccc(Cl)cc3)C2)o1. The molecule has 0 N–H and O–H groups in total. The van der Waals surface area contributed by atoms with Gasteiger partial charge in [-0.05, 0) is 42.5 Å². The lowest BCUT2D eigenvalue weighted by Crippen LogP contribution is -2.39. The average Bonchev–Trinajstić information content (AvgIpc) is 3.02. The van der Waals surface area contributed by atoms with Crippen LogP contribution in [0.25, 0.3) is 0 Å². The molecule has 1 aliphatic rings. The number of hydrogen-bond acceptors (Lipinski definition) is 5. The Bertz CT molecular complexity index is 857. The standard InChI is InChI=1S/C18H24ClN3O3S/c1-18(2,3)11-16-20-21-17(25-16)13-5-4-10-22(12-13)26(23,24)15-8-6-14(19)7-9-15/h6-9,13H,4-5,10-12H2,1-3H3/t13-/m0/s1. The molecule has 6 nitrogen and oxygen atoms in total. The van der Waals surface area contributed by atoms with E-state index in [1.807, 2.05) is 0 Å². The van der Waals surface area contributed by atoms with E-state index in [2.05, 4.69) is 31.0 Å². The first kappa shape index (κ1) is 19.3. The molecule has 2 aromatic rings. The van der Waals surface area contributed by atoms with Crippen molar-refractivity contribution in [1.29, 1.82) is 0 Å². The molecule has 1 atom stereocenters. The van der Waals surface area contributed by atoms with Crippen LogP contribution in [0.2, 0.25) is 5.02 Å². The molecule has 0 spiro atoms. The highest BCUT2D eigenvalue weighted by molar-refractivity contribution is 7.89. The molecule has 1 aromatic heterocycles. The molecule has 0 aliphatic carbocycles. The van der Waals surface area contributed by atoms with E-state index in [1.165, 1.54) is 16.4 Å². The normalized spacial score (nSPS) is 19.6. The van der Waals surface area contributed by atoms with Crippen LogP contribution >= 0.6 is 11.6 Å². The first-order chi connectivity index (χ1) is 12.1. The molecule has 0 radical (unpaired) electrons. The summed E-state index contributed by atoms with van der Waals surface area (Å²) < 4.78 is 33.1. The molecule has 1 aliphatic heterocycles. The van der Waals surface area contributed by atoms with Gasteiger partial charge in [-0.25, -0.2) is 8.42 Å². The fraction of sp³-hybridized carbons (Fsp3) is 0.556. The van der Waals surface area contributed by atoms with Crippen LogP contribution in [0.3, 0.4) is 0 Å². The predicted molar refractivity (Wildman–Crippen MR) is 99.6 cm³/mol. The third-order valence-electron chi connectivity index (χ3n) is 4.35. The Hall–Kier alpha value is -1.44. The lowest BCUT2D eigenvalue weighted by molar-refractivity contribution is 0.274. The van der Waals surface area contributed by atoms with Crippen molar-refractivity contribution in [2.75, 3.05) is 13.1 Å². The number of aromatic nitrogens is 2. The molecule has 0 saturated carbocycles. The van der Waals surface area contributed by atoms with Gasteiger partial charge in [-0.1, -0.05) is 32.4 Å². The zero-order chi connectivity index (χ0) is 18.9. The van der Waals surface area contributed by atoms with Gasteiger partial charge in [0.2, 0.25) is 21.8 Å². The van der Waals surface area contributed by atoms with Crippen LogP contribution in [0.15, 0.2) is 33.6 Å². The van der Waals surface area contributed by atoms with Gasteiger partial charge in [0.15, 0.2) is 0 Å². The van der Waals surface area contributed by atoms with Gasteiger partial charge >= 0.3 is 0 Å². The number of hydrogen-bond donors (Lipinski definition) is 0. The summed E-state index contributed by atoms with van der Waals surface area (Å²) in [5, 5.41) is 8.81. The second-order valence-corrected chi connectivity index (χ2v) is 10.3. The number of sulfonamides is 1. The van der Waals surface area contributed by atoms with E-state index in [0.29, 0.717) is 36.3 Å². The molecule has 1 aromatic carbocycles. The van der Waals surface area contributed by atoms with Crippen molar-refractivity contribution in [3.63, 3.8) is 0 Å². The minimum Gasteiger partial charge on any atom is -0.425 e. The lowest BCUT2D eigenvalue weighted by atomic mass is 9.92. The Morgan fingerprint density at radius 2 is 1.92 bits per heavy atom. The molecular formula is C18H24ClN3O3S. The summed E-state index contributed by atoms with van der Waals surface area (Å²) in [6, 6.07) is 6.25. The predicted octanol–water partition coefficient (Wildman–Crippen LogP) is 3.88. The third-order valence-corrected chi connectivity index (χ3v) is 6.48. The molecule has 0 amide bonds. The summed E-state index contributed by atoms with van der Waals surface area (Å²) in [5.74, 6) is 1.05. The maximum absolute atomic E-state index is 12.9. The maximum atomic E-state index is 12.9. The Labute approximate surface area is 159 Å². The van der Waals surface area contributed by atoms with Crippen molar-refractivity contribution in [2.45, 2.75) is 50.8 Å². The second-order valence-electron chi connectivity index (χ2n) is 7.93. The monoisotopic (exact) mass is 397 g/mol. The van der Waals surface area contributed by atoms with E-state index in [-0.39, 0.29) is 16.2 Å². The first-order valence-corrected chi connectivity index (χ1v) is 10.5. The van der Waals surface area contributed by atoms with E-state index in [9.17, 15) is 8.42 Å². The fourth-order valence-corrected chi connectivity index (χ4v) is 4.72. The number of benzene rings is 1. The number of piperidine rings is 1. The van der Waals surface area contributed by atoms with Gasteiger partial charge < -0.3 is 4.42 Å². The largest absolute Gasteiger partial charge is 0.425 e. The highest BCUT2D eigenvalue weighted by Gasteiger charge is 2.33. The molecule has 26 heavy (non-hydrogen) atoms. The first-order valence-electron chi connectivity index (χ1n) is 8.73. The van der Waals surface area contributed by atoms with E-state index in [1.54, 1.807) is 12.1 Å². The van der Waals surface area contributed by atoms with Gasteiger partial charge in [0.1, 0.15) is 0 Å².